The van der Waals surface area contributed by atoms with Crippen LogP contribution in [-0.2, 0) is 0 Å². The molecule has 0 bridgehead atoms. The molecule has 1 amide bonds. The van der Waals surface area contributed by atoms with Crippen LogP contribution in [0.2, 0.25) is 0 Å². The smallest absolute Gasteiger partial charge is 0.321 e. The number of carbonyl (C=O) groups excluding carboxylic acids is 1. The number of hydrogen-bond acceptors (Lipinski definition) is 4. The minimum atomic E-state index is -0.551. The highest BCUT2D eigenvalue weighted by Crippen LogP contribution is 2.15. The zero-order valence-electron chi connectivity index (χ0n) is 11.3. The molecule has 0 atom stereocenters. The van der Waals surface area contributed by atoms with Crippen molar-refractivity contribution in [2.75, 3.05) is 5.32 Å². The first kappa shape index (κ1) is 13.0. The largest absolute Gasteiger partial charge is 0.346 e. The Morgan fingerprint density at radius 2 is 2.05 bits per heavy atom. The van der Waals surface area contributed by atoms with Gasteiger partial charge in [-0.05, 0) is 25.1 Å². The van der Waals surface area contributed by atoms with Crippen LogP contribution in [0.1, 0.15) is 16.2 Å². The highest BCUT2D eigenvalue weighted by atomic mass is 16.2. The number of H-pyrrole nitrogens is 1. The molecule has 0 saturated heterocycles. The lowest BCUT2D eigenvalue weighted by Gasteiger charge is -2.07. The number of amides is 1. The summed E-state index contributed by atoms with van der Waals surface area (Å²) < 4.78 is 0. The molecule has 3 aromatic rings. The lowest BCUT2D eigenvalue weighted by molar-refractivity contribution is 0.102. The van der Waals surface area contributed by atoms with E-state index in [1.165, 1.54) is 0 Å². The van der Waals surface area contributed by atoms with E-state index in [2.05, 4.69) is 20.3 Å². The Kier molecular flexibility index (Phi) is 3.19. The third-order valence-electron chi connectivity index (χ3n) is 3.01. The lowest BCUT2D eigenvalue weighted by Crippen LogP contribution is -2.21. The van der Waals surface area contributed by atoms with E-state index in [4.69, 9.17) is 0 Å². The lowest BCUT2D eigenvalue weighted by atomic mass is 10.2. The van der Waals surface area contributed by atoms with Crippen molar-refractivity contribution in [1.82, 2.24) is 15.0 Å². The number of aryl methyl sites for hydroxylation is 1. The molecule has 0 fully saturated rings. The second kappa shape index (κ2) is 5.16. The van der Waals surface area contributed by atoms with Crippen LogP contribution in [0.3, 0.4) is 0 Å². The van der Waals surface area contributed by atoms with Crippen molar-refractivity contribution in [3.8, 4) is 0 Å². The van der Waals surface area contributed by atoms with Crippen LogP contribution >= 0.6 is 0 Å². The Hall–Kier alpha value is -3.02. The SMILES string of the molecule is Cc1cc(NC(=O)c2nc(=O)[nH]c3ccccc23)ccn1. The quantitative estimate of drug-likeness (QED) is 0.750. The predicted octanol–water partition coefficient (Wildman–Crippen LogP) is 1.88. The van der Waals surface area contributed by atoms with E-state index in [0.717, 1.165) is 5.69 Å². The number of pyridine rings is 1. The van der Waals surface area contributed by atoms with Crippen molar-refractivity contribution in [2.45, 2.75) is 6.92 Å². The van der Waals surface area contributed by atoms with Gasteiger partial charge in [-0.3, -0.25) is 9.78 Å². The van der Waals surface area contributed by atoms with Crippen molar-refractivity contribution in [3.63, 3.8) is 0 Å². The summed E-state index contributed by atoms with van der Waals surface area (Å²) in [6.07, 6.45) is 1.61. The molecule has 0 aliphatic heterocycles. The van der Waals surface area contributed by atoms with Crippen LogP contribution in [0.25, 0.3) is 10.9 Å². The number of rotatable bonds is 2. The number of benzene rings is 1. The molecule has 0 unspecified atom stereocenters. The summed E-state index contributed by atoms with van der Waals surface area (Å²) in [5.41, 5.74) is 1.53. The van der Waals surface area contributed by atoms with Crippen LogP contribution in [0.4, 0.5) is 5.69 Å². The molecule has 0 spiro atoms. The second-order valence-corrected chi connectivity index (χ2v) is 4.58. The number of fused-ring (bicyclic) bond motifs is 1. The minimum absolute atomic E-state index is 0.101. The van der Waals surface area contributed by atoms with Crippen molar-refractivity contribution in [3.05, 3.63) is 64.5 Å². The average molecular weight is 280 g/mol. The van der Waals surface area contributed by atoms with Gasteiger partial charge in [-0.2, -0.15) is 4.98 Å². The van der Waals surface area contributed by atoms with Crippen LogP contribution in [-0.4, -0.2) is 20.9 Å². The summed E-state index contributed by atoms with van der Waals surface area (Å²) in [6, 6.07) is 10.5. The normalized spacial score (nSPS) is 10.5. The maximum Gasteiger partial charge on any atom is 0.346 e. The maximum atomic E-state index is 12.3. The molecule has 104 valence electrons. The van der Waals surface area contributed by atoms with Gasteiger partial charge in [-0.15, -0.1) is 0 Å². The number of para-hydroxylation sites is 1. The third kappa shape index (κ3) is 2.64. The predicted molar refractivity (Wildman–Crippen MR) is 79.3 cm³/mol. The van der Waals surface area contributed by atoms with Gasteiger partial charge in [-0.1, -0.05) is 18.2 Å². The first-order valence-electron chi connectivity index (χ1n) is 6.36. The second-order valence-electron chi connectivity index (χ2n) is 4.58. The third-order valence-corrected chi connectivity index (χ3v) is 3.01. The van der Waals surface area contributed by atoms with Gasteiger partial charge >= 0.3 is 5.69 Å². The van der Waals surface area contributed by atoms with Gasteiger partial charge in [0.1, 0.15) is 5.69 Å². The summed E-state index contributed by atoms with van der Waals surface area (Å²) in [7, 11) is 0. The molecule has 0 saturated carbocycles. The van der Waals surface area contributed by atoms with Gasteiger partial charge < -0.3 is 10.3 Å². The highest BCUT2D eigenvalue weighted by molar-refractivity contribution is 6.10. The maximum absolute atomic E-state index is 12.3. The van der Waals surface area contributed by atoms with Crippen molar-refractivity contribution in [1.29, 1.82) is 0 Å². The number of aromatic amines is 1. The van der Waals surface area contributed by atoms with E-state index in [1.54, 1.807) is 42.6 Å². The molecule has 0 radical (unpaired) electrons. The van der Waals surface area contributed by atoms with E-state index in [0.29, 0.717) is 16.6 Å². The Labute approximate surface area is 119 Å². The number of hydrogen-bond donors (Lipinski definition) is 2. The number of nitrogens with one attached hydrogen (secondary N) is 2. The zero-order chi connectivity index (χ0) is 14.8. The van der Waals surface area contributed by atoms with Gasteiger partial charge in [-0.25, -0.2) is 4.79 Å². The Morgan fingerprint density at radius 1 is 1.24 bits per heavy atom. The molecule has 6 nitrogen and oxygen atoms in total. The fraction of sp³-hybridized carbons (Fsp3) is 0.0667. The summed E-state index contributed by atoms with van der Waals surface area (Å²) in [5.74, 6) is -0.428. The molecule has 3 rings (SSSR count). The number of anilines is 1. The van der Waals surface area contributed by atoms with E-state index in [1.807, 2.05) is 6.92 Å². The molecular formula is C15H12N4O2. The summed E-state index contributed by atoms with van der Waals surface area (Å²) in [4.78, 5) is 34.3. The molecule has 21 heavy (non-hydrogen) atoms. The topological polar surface area (TPSA) is 87.7 Å². The van der Waals surface area contributed by atoms with Gasteiger partial charge in [0.2, 0.25) is 0 Å². The monoisotopic (exact) mass is 280 g/mol. The summed E-state index contributed by atoms with van der Waals surface area (Å²) in [5, 5.41) is 3.32. The zero-order valence-corrected chi connectivity index (χ0v) is 11.3. The first-order valence-corrected chi connectivity index (χ1v) is 6.36. The van der Waals surface area contributed by atoms with Crippen molar-refractivity contribution >= 4 is 22.5 Å². The number of aromatic nitrogens is 3. The molecule has 6 heteroatoms. The first-order chi connectivity index (χ1) is 10.1. The van der Waals surface area contributed by atoms with Crippen LogP contribution in [0.15, 0.2) is 47.4 Å². The van der Waals surface area contributed by atoms with Crippen LogP contribution in [0, 0.1) is 6.92 Å². The van der Waals surface area contributed by atoms with E-state index < -0.39 is 11.6 Å². The highest BCUT2D eigenvalue weighted by Gasteiger charge is 2.13. The van der Waals surface area contributed by atoms with Gasteiger partial charge in [0.15, 0.2) is 0 Å². The standard InChI is InChI=1S/C15H12N4O2/c1-9-8-10(6-7-16-9)17-14(20)13-11-4-2-3-5-12(11)18-15(21)19-13/h2-8H,1H3,(H,16,17,20)(H,18,19,21). The van der Waals surface area contributed by atoms with Crippen molar-refractivity contribution in [2.24, 2.45) is 0 Å². The molecule has 2 heterocycles. The Balaban J connectivity index is 2.04. The molecule has 0 aliphatic rings. The Bertz CT molecular complexity index is 886. The van der Waals surface area contributed by atoms with E-state index in [9.17, 15) is 9.59 Å². The van der Waals surface area contributed by atoms with Crippen molar-refractivity contribution < 1.29 is 4.79 Å². The molecule has 0 aliphatic carbocycles. The molecular weight excluding hydrogens is 268 g/mol. The number of nitrogens with zero attached hydrogens (tertiary/aromatic N) is 2. The van der Waals surface area contributed by atoms with Gasteiger partial charge in [0, 0.05) is 23.0 Å². The van der Waals surface area contributed by atoms with Gasteiger partial charge in [0.05, 0.1) is 5.52 Å². The summed E-state index contributed by atoms with van der Waals surface area (Å²) >= 11 is 0. The molecule has 1 aromatic carbocycles. The van der Waals surface area contributed by atoms with Crippen LogP contribution in [0.5, 0.6) is 0 Å². The molecule has 2 N–H and O–H groups in total. The van der Waals surface area contributed by atoms with E-state index >= 15 is 0 Å². The van der Waals surface area contributed by atoms with Crippen LogP contribution < -0.4 is 11.0 Å². The molecule has 2 aromatic heterocycles. The summed E-state index contributed by atoms with van der Waals surface area (Å²) in [6.45, 7) is 1.83. The van der Waals surface area contributed by atoms with E-state index in [-0.39, 0.29) is 5.69 Å². The average Bonchev–Trinajstić information content (AvgIpc) is 2.46. The van der Waals surface area contributed by atoms with Gasteiger partial charge in [0.25, 0.3) is 5.91 Å². The fourth-order valence-corrected chi connectivity index (χ4v) is 2.09. The minimum Gasteiger partial charge on any atom is -0.321 e. The Morgan fingerprint density at radius 3 is 2.86 bits per heavy atom. The fourth-order valence-electron chi connectivity index (χ4n) is 2.09. The number of carbonyl (C=O) groups is 1.